The Kier molecular flexibility index (Phi) is 2.56. The fraction of sp³-hybridized carbons (Fsp3) is 0.250. The highest BCUT2D eigenvalue weighted by atomic mass is 16.5. The number of methoxy groups -OCH3 is 1. The lowest BCUT2D eigenvalue weighted by Gasteiger charge is -2.19. The van der Waals surface area contributed by atoms with Gasteiger partial charge in [0, 0.05) is 24.4 Å². The van der Waals surface area contributed by atoms with Gasteiger partial charge in [-0.25, -0.2) is 0 Å². The van der Waals surface area contributed by atoms with Crippen molar-refractivity contribution in [3.63, 3.8) is 0 Å². The Bertz CT molecular complexity index is 412. The van der Waals surface area contributed by atoms with Gasteiger partial charge >= 0.3 is 0 Å². The van der Waals surface area contributed by atoms with Crippen molar-refractivity contribution in [3.05, 3.63) is 47.7 Å². The monoisotopic (exact) mass is 203 g/mol. The molecule has 1 amide bonds. The van der Waals surface area contributed by atoms with Crippen LogP contribution in [-0.2, 0) is 4.74 Å². The Morgan fingerprint density at radius 2 is 2.13 bits per heavy atom. The summed E-state index contributed by atoms with van der Waals surface area (Å²) in [4.78, 5) is 13.6. The molecule has 1 aliphatic rings. The molecule has 0 spiro atoms. The van der Waals surface area contributed by atoms with Crippen LogP contribution in [0.1, 0.15) is 29.1 Å². The number of nitrogens with zero attached hydrogens (tertiary/aromatic N) is 1. The molecule has 0 saturated heterocycles. The first-order valence-electron chi connectivity index (χ1n) is 4.86. The molecule has 1 heterocycles. The lowest BCUT2D eigenvalue weighted by molar-refractivity contribution is 0.00883. The van der Waals surface area contributed by atoms with E-state index in [4.69, 9.17) is 4.74 Å². The number of carbonyl (C=O) groups excluding carboxylic acids is 1. The van der Waals surface area contributed by atoms with Gasteiger partial charge in [-0.3, -0.25) is 9.69 Å². The smallest absolute Gasteiger partial charge is 0.260 e. The van der Waals surface area contributed by atoms with Crippen LogP contribution < -0.4 is 0 Å². The Morgan fingerprint density at radius 1 is 1.40 bits per heavy atom. The highest BCUT2D eigenvalue weighted by Gasteiger charge is 2.34. The zero-order chi connectivity index (χ0) is 10.8. The summed E-state index contributed by atoms with van der Waals surface area (Å²) in [5, 5.41) is 0. The van der Waals surface area contributed by atoms with Crippen LogP contribution in [0.3, 0.4) is 0 Å². The van der Waals surface area contributed by atoms with Gasteiger partial charge in [0.2, 0.25) is 0 Å². The molecule has 1 atom stereocenters. The molecular weight excluding hydrogens is 190 g/mol. The van der Waals surface area contributed by atoms with Crippen molar-refractivity contribution >= 4 is 5.91 Å². The molecule has 0 saturated carbocycles. The van der Waals surface area contributed by atoms with Crippen LogP contribution in [0.15, 0.2) is 36.5 Å². The molecule has 0 fully saturated rings. The van der Waals surface area contributed by atoms with E-state index in [9.17, 15) is 4.79 Å². The lowest BCUT2D eigenvalue weighted by Crippen LogP contribution is -2.23. The Balaban J connectivity index is 2.48. The average Bonchev–Trinajstić information content (AvgIpc) is 2.54. The van der Waals surface area contributed by atoms with E-state index in [2.05, 4.69) is 0 Å². The molecule has 15 heavy (non-hydrogen) atoms. The van der Waals surface area contributed by atoms with Gasteiger partial charge in [-0.1, -0.05) is 24.3 Å². The summed E-state index contributed by atoms with van der Waals surface area (Å²) in [6.45, 7) is 1.88. The summed E-state index contributed by atoms with van der Waals surface area (Å²) in [6.07, 6.45) is 3.29. The number of allylic oxidation sites excluding steroid dienone is 1. The summed E-state index contributed by atoms with van der Waals surface area (Å²) >= 11 is 0. The molecule has 1 aliphatic heterocycles. The molecule has 78 valence electrons. The summed E-state index contributed by atoms with van der Waals surface area (Å²) < 4.78 is 5.33. The largest absolute Gasteiger partial charge is 0.357 e. The zero-order valence-corrected chi connectivity index (χ0v) is 8.81. The van der Waals surface area contributed by atoms with E-state index in [0.717, 1.165) is 11.1 Å². The quantitative estimate of drug-likeness (QED) is 0.738. The highest BCUT2D eigenvalue weighted by molar-refractivity contribution is 5.99. The molecule has 3 nitrogen and oxygen atoms in total. The van der Waals surface area contributed by atoms with E-state index in [0.29, 0.717) is 0 Å². The molecule has 0 N–H and O–H groups in total. The van der Waals surface area contributed by atoms with Crippen molar-refractivity contribution in [2.75, 3.05) is 7.11 Å². The van der Waals surface area contributed by atoms with Crippen molar-refractivity contribution < 1.29 is 9.53 Å². The van der Waals surface area contributed by atoms with Gasteiger partial charge < -0.3 is 4.74 Å². The van der Waals surface area contributed by atoms with Gasteiger partial charge in [0.05, 0.1) is 0 Å². The van der Waals surface area contributed by atoms with Gasteiger partial charge in [-0.2, -0.15) is 0 Å². The average molecular weight is 203 g/mol. The van der Waals surface area contributed by atoms with Gasteiger partial charge in [-0.15, -0.1) is 0 Å². The minimum atomic E-state index is -0.287. The van der Waals surface area contributed by atoms with Crippen molar-refractivity contribution in [3.8, 4) is 0 Å². The standard InChI is InChI=1S/C12H13NO2/c1-3-8-13-11(14)9-6-4-5-7-10(9)12(13)15-2/h3-8,12H,1-2H3/b8-3+. The second-order valence-electron chi connectivity index (χ2n) is 3.37. The normalized spacial score (nSPS) is 20.0. The van der Waals surface area contributed by atoms with Crippen LogP contribution >= 0.6 is 0 Å². The van der Waals surface area contributed by atoms with Crippen LogP contribution in [0, 0.1) is 0 Å². The van der Waals surface area contributed by atoms with Gasteiger partial charge in [-0.05, 0) is 13.0 Å². The molecule has 0 aromatic heterocycles. The number of hydrogen-bond donors (Lipinski definition) is 0. The number of hydrogen-bond acceptors (Lipinski definition) is 2. The minimum Gasteiger partial charge on any atom is -0.357 e. The van der Waals surface area contributed by atoms with Gasteiger partial charge in [0.25, 0.3) is 5.91 Å². The molecular formula is C12H13NO2. The van der Waals surface area contributed by atoms with E-state index < -0.39 is 0 Å². The molecule has 0 aliphatic carbocycles. The molecule has 0 radical (unpaired) electrons. The summed E-state index contributed by atoms with van der Waals surface area (Å²) in [6, 6.07) is 7.53. The third-order valence-electron chi connectivity index (χ3n) is 2.48. The van der Waals surface area contributed by atoms with Crippen molar-refractivity contribution in [1.82, 2.24) is 4.90 Å². The topological polar surface area (TPSA) is 29.5 Å². The third-order valence-corrected chi connectivity index (χ3v) is 2.48. The number of ether oxygens (including phenoxy) is 1. The van der Waals surface area contributed by atoms with Crippen LogP contribution in [0.2, 0.25) is 0 Å². The predicted octanol–water partition coefficient (Wildman–Crippen LogP) is 2.32. The maximum absolute atomic E-state index is 12.0. The second-order valence-corrected chi connectivity index (χ2v) is 3.37. The number of benzene rings is 1. The van der Waals surface area contributed by atoms with Gasteiger partial charge in [0.1, 0.15) is 0 Å². The highest BCUT2D eigenvalue weighted by Crippen LogP contribution is 2.33. The fourth-order valence-corrected chi connectivity index (χ4v) is 1.85. The molecule has 1 aromatic carbocycles. The number of amides is 1. The Labute approximate surface area is 89.0 Å². The molecule has 1 aromatic rings. The summed E-state index contributed by atoms with van der Waals surface area (Å²) in [5.74, 6) is -0.00412. The molecule has 3 heteroatoms. The van der Waals surface area contributed by atoms with E-state index in [-0.39, 0.29) is 12.1 Å². The summed E-state index contributed by atoms with van der Waals surface area (Å²) in [7, 11) is 1.61. The lowest BCUT2D eigenvalue weighted by atomic mass is 10.1. The van der Waals surface area contributed by atoms with E-state index in [1.54, 1.807) is 18.2 Å². The zero-order valence-electron chi connectivity index (χ0n) is 8.81. The van der Waals surface area contributed by atoms with E-state index in [1.165, 1.54) is 0 Å². The molecule has 1 unspecified atom stereocenters. The number of fused-ring (bicyclic) bond motifs is 1. The first-order chi connectivity index (χ1) is 7.29. The first-order valence-corrected chi connectivity index (χ1v) is 4.86. The van der Waals surface area contributed by atoms with Crippen LogP contribution in [-0.4, -0.2) is 17.9 Å². The third kappa shape index (κ3) is 1.45. The fourth-order valence-electron chi connectivity index (χ4n) is 1.85. The maximum Gasteiger partial charge on any atom is 0.260 e. The number of carbonyl (C=O) groups is 1. The predicted molar refractivity (Wildman–Crippen MR) is 57.2 cm³/mol. The Morgan fingerprint density at radius 3 is 2.80 bits per heavy atom. The van der Waals surface area contributed by atoms with Crippen LogP contribution in [0.4, 0.5) is 0 Å². The minimum absolute atomic E-state index is 0.00412. The van der Waals surface area contributed by atoms with Gasteiger partial charge in [0.15, 0.2) is 6.23 Å². The SMILES string of the molecule is C/C=C/N1C(=O)c2ccccc2C1OC. The van der Waals surface area contributed by atoms with Crippen LogP contribution in [0.5, 0.6) is 0 Å². The van der Waals surface area contributed by atoms with Crippen LogP contribution in [0.25, 0.3) is 0 Å². The second kappa shape index (κ2) is 3.87. The maximum atomic E-state index is 12.0. The molecule has 2 rings (SSSR count). The van der Waals surface area contributed by atoms with Crippen molar-refractivity contribution in [1.29, 1.82) is 0 Å². The first kappa shape index (κ1) is 9.93. The molecule has 0 bridgehead atoms. The number of rotatable bonds is 2. The van der Waals surface area contributed by atoms with Crippen molar-refractivity contribution in [2.24, 2.45) is 0 Å². The van der Waals surface area contributed by atoms with E-state index in [1.807, 2.05) is 37.3 Å². The Hall–Kier alpha value is -1.61. The van der Waals surface area contributed by atoms with E-state index >= 15 is 0 Å². The summed E-state index contributed by atoms with van der Waals surface area (Å²) in [5.41, 5.74) is 1.66. The van der Waals surface area contributed by atoms with Crippen molar-refractivity contribution in [2.45, 2.75) is 13.2 Å².